The highest BCUT2D eigenvalue weighted by Crippen LogP contribution is 1.94. The van der Waals surface area contributed by atoms with E-state index in [0.717, 1.165) is 0 Å². The minimum absolute atomic E-state index is 0.0394. The largest absolute Gasteiger partial charge is 0.464 e. The molecule has 0 spiro atoms. The zero-order valence-corrected chi connectivity index (χ0v) is 6.64. The van der Waals surface area contributed by atoms with Crippen LogP contribution in [0.1, 0.15) is 0 Å². The summed E-state index contributed by atoms with van der Waals surface area (Å²) >= 11 is 0. The van der Waals surface area contributed by atoms with Crippen molar-refractivity contribution >= 4 is 17.3 Å². The van der Waals surface area contributed by atoms with E-state index < -0.39 is 17.3 Å². The summed E-state index contributed by atoms with van der Waals surface area (Å²) in [5.74, 6) is 0. The van der Waals surface area contributed by atoms with Crippen LogP contribution in [-0.2, 0) is 0 Å². The topological polar surface area (TPSA) is 121 Å². The van der Waals surface area contributed by atoms with E-state index in [9.17, 15) is 14.4 Å². The Morgan fingerprint density at radius 3 is 2.86 bits per heavy atom. The molecule has 0 aliphatic carbocycles. The van der Waals surface area contributed by atoms with Crippen LogP contribution in [0.3, 0.4) is 0 Å². The molecule has 0 unspecified atom stereocenters. The van der Waals surface area contributed by atoms with E-state index in [0.29, 0.717) is 0 Å². The van der Waals surface area contributed by atoms with Gasteiger partial charge < -0.3 is 10.1 Å². The highest BCUT2D eigenvalue weighted by Gasteiger charge is 2.13. The second-order valence-electron chi connectivity index (χ2n) is 2.48. The smallest absolute Gasteiger partial charge is 0.422 e. The maximum atomic E-state index is 11.3. The van der Waals surface area contributed by atoms with Gasteiger partial charge in [0.15, 0.2) is 5.65 Å². The van der Waals surface area contributed by atoms with Crippen LogP contribution in [0.25, 0.3) is 11.2 Å². The van der Waals surface area contributed by atoms with Gasteiger partial charge in [-0.05, 0) is 0 Å². The van der Waals surface area contributed by atoms with Crippen LogP contribution in [0.4, 0.5) is 4.79 Å². The Kier molecular flexibility index (Phi) is 1.50. The molecular weight excluding hydrogens is 192 g/mol. The van der Waals surface area contributed by atoms with Gasteiger partial charge in [0.25, 0.3) is 5.56 Å². The predicted octanol–water partition coefficient (Wildman–Crippen LogP) is -1.06. The molecule has 0 bridgehead atoms. The van der Waals surface area contributed by atoms with Crippen LogP contribution in [0.15, 0.2) is 15.9 Å². The van der Waals surface area contributed by atoms with Gasteiger partial charge in [0, 0.05) is 0 Å². The monoisotopic (exact) mass is 196 g/mol. The van der Waals surface area contributed by atoms with E-state index in [1.165, 1.54) is 6.33 Å². The van der Waals surface area contributed by atoms with E-state index in [2.05, 4.69) is 15.0 Å². The molecule has 2 aromatic rings. The van der Waals surface area contributed by atoms with Crippen LogP contribution >= 0.6 is 0 Å². The second-order valence-corrected chi connectivity index (χ2v) is 2.48. The third-order valence-corrected chi connectivity index (χ3v) is 1.68. The Morgan fingerprint density at radius 1 is 1.50 bits per heavy atom. The predicted molar refractivity (Wildman–Crippen MR) is 44.4 cm³/mol. The minimum Gasteiger partial charge on any atom is -0.464 e. The van der Waals surface area contributed by atoms with Gasteiger partial charge in [0.1, 0.15) is 5.52 Å². The first-order valence-electron chi connectivity index (χ1n) is 3.53. The average molecular weight is 196 g/mol. The minimum atomic E-state index is -1.63. The SMILES string of the molecule is O=C(O)n1c(=O)[nH]c2nc[nH]c2c1=O. The second kappa shape index (κ2) is 2.55. The molecule has 0 saturated heterocycles. The number of imidazole rings is 1. The van der Waals surface area contributed by atoms with Gasteiger partial charge in [-0.25, -0.2) is 14.6 Å². The molecule has 2 heterocycles. The first-order valence-corrected chi connectivity index (χ1v) is 3.53. The maximum absolute atomic E-state index is 11.3. The summed E-state index contributed by atoms with van der Waals surface area (Å²) in [6.45, 7) is 0. The molecule has 0 atom stereocenters. The summed E-state index contributed by atoms with van der Waals surface area (Å²) in [5.41, 5.74) is -1.97. The normalized spacial score (nSPS) is 10.6. The number of H-pyrrole nitrogens is 2. The Labute approximate surface area is 74.8 Å². The maximum Gasteiger partial charge on any atom is 0.422 e. The van der Waals surface area contributed by atoms with Crippen molar-refractivity contribution < 1.29 is 9.90 Å². The summed E-state index contributed by atoms with van der Waals surface area (Å²) < 4.78 is 0.0700. The molecular formula is C6H4N4O4. The Balaban J connectivity index is 3.05. The number of aromatic amines is 2. The van der Waals surface area contributed by atoms with Crippen LogP contribution in [-0.4, -0.2) is 30.7 Å². The highest BCUT2D eigenvalue weighted by molar-refractivity contribution is 5.74. The van der Waals surface area contributed by atoms with Gasteiger partial charge in [-0.1, -0.05) is 0 Å². The van der Waals surface area contributed by atoms with Crippen molar-refractivity contribution in [1.29, 1.82) is 0 Å². The van der Waals surface area contributed by atoms with Crippen molar-refractivity contribution in [3.05, 3.63) is 27.2 Å². The highest BCUT2D eigenvalue weighted by atomic mass is 16.4. The van der Waals surface area contributed by atoms with E-state index >= 15 is 0 Å². The van der Waals surface area contributed by atoms with Crippen molar-refractivity contribution in [3.8, 4) is 0 Å². The van der Waals surface area contributed by atoms with E-state index in [1.54, 1.807) is 0 Å². The van der Waals surface area contributed by atoms with Crippen LogP contribution in [0, 0.1) is 0 Å². The van der Waals surface area contributed by atoms with Crippen LogP contribution in [0.2, 0.25) is 0 Å². The van der Waals surface area contributed by atoms with Crippen LogP contribution in [0.5, 0.6) is 0 Å². The Morgan fingerprint density at radius 2 is 2.21 bits per heavy atom. The molecule has 0 saturated carbocycles. The molecule has 14 heavy (non-hydrogen) atoms. The molecule has 0 aliphatic heterocycles. The van der Waals surface area contributed by atoms with Gasteiger partial charge in [-0.2, -0.15) is 4.57 Å². The molecule has 3 N–H and O–H groups in total. The van der Waals surface area contributed by atoms with E-state index in [4.69, 9.17) is 5.11 Å². The first-order chi connectivity index (χ1) is 6.61. The standard InChI is InChI=1S/C6H4N4O4/c11-4-2-3(8-1-7-2)9-5(12)10(4)6(13)14/h1H,(H,7,8)(H,9,12)(H,13,14). The van der Waals surface area contributed by atoms with Crippen molar-refractivity contribution in [2.75, 3.05) is 0 Å². The number of hydrogen-bond donors (Lipinski definition) is 3. The number of rotatable bonds is 0. The fourth-order valence-corrected chi connectivity index (χ4v) is 1.09. The molecule has 0 amide bonds. The lowest BCUT2D eigenvalue weighted by molar-refractivity contribution is 0.194. The lowest BCUT2D eigenvalue weighted by Gasteiger charge is -1.95. The number of carbonyl (C=O) groups is 1. The summed E-state index contributed by atoms with van der Waals surface area (Å²) in [6.07, 6.45) is -0.443. The molecule has 8 heteroatoms. The molecule has 0 aromatic carbocycles. The first kappa shape index (κ1) is 8.23. The molecule has 0 fully saturated rings. The average Bonchev–Trinajstić information content (AvgIpc) is 2.50. The Bertz CT molecular complexity index is 619. The number of nitrogens with zero attached hydrogens (tertiary/aromatic N) is 2. The van der Waals surface area contributed by atoms with Crippen molar-refractivity contribution in [2.24, 2.45) is 0 Å². The fourth-order valence-electron chi connectivity index (χ4n) is 1.09. The quantitative estimate of drug-likeness (QED) is 0.495. The summed E-state index contributed by atoms with van der Waals surface area (Å²) in [6, 6.07) is 0. The van der Waals surface area contributed by atoms with Crippen molar-refractivity contribution in [1.82, 2.24) is 19.5 Å². The number of carboxylic acid groups (broad SMARTS) is 1. The van der Waals surface area contributed by atoms with E-state index in [1.807, 2.05) is 0 Å². The number of aromatic nitrogens is 4. The Hall–Kier alpha value is -2.38. The molecule has 0 radical (unpaired) electrons. The van der Waals surface area contributed by atoms with Crippen LogP contribution < -0.4 is 11.2 Å². The van der Waals surface area contributed by atoms with Gasteiger partial charge in [0.05, 0.1) is 6.33 Å². The third kappa shape index (κ3) is 0.937. The van der Waals surface area contributed by atoms with Gasteiger partial charge in [-0.3, -0.25) is 9.78 Å². The molecule has 8 nitrogen and oxygen atoms in total. The molecule has 72 valence electrons. The van der Waals surface area contributed by atoms with Crippen molar-refractivity contribution in [2.45, 2.75) is 0 Å². The zero-order chi connectivity index (χ0) is 10.3. The van der Waals surface area contributed by atoms with Gasteiger partial charge in [-0.15, -0.1) is 0 Å². The molecule has 2 aromatic heterocycles. The lowest BCUT2D eigenvalue weighted by atomic mass is 10.5. The van der Waals surface area contributed by atoms with Crippen molar-refractivity contribution in [3.63, 3.8) is 0 Å². The fraction of sp³-hybridized carbons (Fsp3) is 0. The zero-order valence-electron chi connectivity index (χ0n) is 6.64. The number of fused-ring (bicyclic) bond motifs is 1. The summed E-state index contributed by atoms with van der Waals surface area (Å²) in [7, 11) is 0. The lowest BCUT2D eigenvalue weighted by Crippen LogP contribution is -2.39. The molecule has 2 rings (SSSR count). The van der Waals surface area contributed by atoms with Gasteiger partial charge in [0.2, 0.25) is 0 Å². The number of nitrogens with one attached hydrogen (secondary N) is 2. The summed E-state index contributed by atoms with van der Waals surface area (Å²) in [4.78, 5) is 41.1. The third-order valence-electron chi connectivity index (χ3n) is 1.68. The summed E-state index contributed by atoms with van der Waals surface area (Å²) in [5, 5.41) is 8.55. The van der Waals surface area contributed by atoms with E-state index in [-0.39, 0.29) is 15.7 Å². The number of hydrogen-bond acceptors (Lipinski definition) is 4. The van der Waals surface area contributed by atoms with Gasteiger partial charge >= 0.3 is 11.8 Å². The molecule has 0 aliphatic rings.